The SMILES string of the molecule is CCC(CC)COP(=O)(Oc1ccc(C)cc1)Oc1ccc(C)cc1. The number of hydrogen-bond acceptors (Lipinski definition) is 4. The molecule has 0 fully saturated rings. The summed E-state index contributed by atoms with van der Waals surface area (Å²) in [5.41, 5.74) is 2.19. The molecule has 0 heterocycles. The molecule has 0 radical (unpaired) electrons. The number of hydrogen-bond donors (Lipinski definition) is 0. The van der Waals surface area contributed by atoms with Crippen LogP contribution in [0.1, 0.15) is 37.8 Å². The van der Waals surface area contributed by atoms with Gasteiger partial charge >= 0.3 is 7.82 Å². The van der Waals surface area contributed by atoms with Gasteiger partial charge in [0.05, 0.1) is 6.61 Å². The highest BCUT2D eigenvalue weighted by molar-refractivity contribution is 7.49. The molecule has 4 nitrogen and oxygen atoms in total. The highest BCUT2D eigenvalue weighted by Crippen LogP contribution is 2.50. The topological polar surface area (TPSA) is 44.8 Å². The Labute approximate surface area is 150 Å². The van der Waals surface area contributed by atoms with Gasteiger partial charge in [0.25, 0.3) is 0 Å². The van der Waals surface area contributed by atoms with E-state index in [2.05, 4.69) is 13.8 Å². The van der Waals surface area contributed by atoms with Crippen molar-refractivity contribution in [2.75, 3.05) is 6.61 Å². The molecule has 136 valence electrons. The lowest BCUT2D eigenvalue weighted by molar-refractivity contribution is 0.174. The maximum absolute atomic E-state index is 13.2. The lowest BCUT2D eigenvalue weighted by Crippen LogP contribution is -2.11. The Morgan fingerprint density at radius 2 is 1.20 bits per heavy atom. The van der Waals surface area contributed by atoms with Gasteiger partial charge in [0, 0.05) is 0 Å². The van der Waals surface area contributed by atoms with Crippen molar-refractivity contribution >= 4 is 7.82 Å². The highest BCUT2D eigenvalue weighted by Gasteiger charge is 2.31. The lowest BCUT2D eigenvalue weighted by Gasteiger charge is -2.21. The van der Waals surface area contributed by atoms with Crippen molar-refractivity contribution in [2.24, 2.45) is 5.92 Å². The van der Waals surface area contributed by atoms with Crippen LogP contribution in [0.4, 0.5) is 0 Å². The Bertz CT molecular complexity index is 639. The largest absolute Gasteiger partial charge is 0.587 e. The molecule has 0 saturated heterocycles. The number of phosphoric ester groups is 1. The Kier molecular flexibility index (Phi) is 7.10. The Hall–Kier alpha value is -1.77. The van der Waals surface area contributed by atoms with E-state index in [4.69, 9.17) is 13.6 Å². The number of phosphoric acid groups is 1. The Balaban J connectivity index is 2.18. The number of aryl methyl sites for hydroxylation is 2. The van der Waals surface area contributed by atoms with Gasteiger partial charge in [-0.25, -0.2) is 4.57 Å². The summed E-state index contributed by atoms with van der Waals surface area (Å²) in [6, 6.07) is 14.6. The molecule has 0 aliphatic heterocycles. The zero-order valence-corrected chi connectivity index (χ0v) is 16.3. The van der Waals surface area contributed by atoms with Gasteiger partial charge in [0.15, 0.2) is 0 Å². The minimum absolute atomic E-state index is 0.316. The first-order valence-electron chi connectivity index (χ1n) is 8.71. The summed E-state index contributed by atoms with van der Waals surface area (Å²) >= 11 is 0. The van der Waals surface area contributed by atoms with E-state index in [1.165, 1.54) is 0 Å². The average Bonchev–Trinajstić information content (AvgIpc) is 2.60. The fraction of sp³-hybridized carbons (Fsp3) is 0.400. The van der Waals surface area contributed by atoms with E-state index in [0.717, 1.165) is 24.0 Å². The summed E-state index contributed by atoms with van der Waals surface area (Å²) in [6.45, 7) is 8.47. The monoisotopic (exact) mass is 362 g/mol. The van der Waals surface area contributed by atoms with Crippen LogP contribution in [0.2, 0.25) is 0 Å². The van der Waals surface area contributed by atoms with Gasteiger partial charge in [-0.1, -0.05) is 62.1 Å². The van der Waals surface area contributed by atoms with Crippen LogP contribution >= 0.6 is 7.82 Å². The molecule has 0 N–H and O–H groups in total. The van der Waals surface area contributed by atoms with E-state index in [1.54, 1.807) is 24.3 Å². The minimum Gasteiger partial charge on any atom is -0.395 e. The van der Waals surface area contributed by atoms with Crippen LogP contribution in [-0.2, 0) is 9.09 Å². The number of rotatable bonds is 9. The second-order valence-electron chi connectivity index (χ2n) is 6.23. The first-order valence-corrected chi connectivity index (χ1v) is 10.2. The van der Waals surface area contributed by atoms with Gasteiger partial charge in [-0.2, -0.15) is 0 Å². The molecule has 0 bridgehead atoms. The van der Waals surface area contributed by atoms with Crippen molar-refractivity contribution in [3.8, 4) is 11.5 Å². The molecular weight excluding hydrogens is 335 g/mol. The second kappa shape index (κ2) is 9.07. The zero-order chi connectivity index (χ0) is 18.3. The molecule has 0 atom stereocenters. The molecule has 2 aromatic rings. The molecular formula is C20H27O4P. The molecule has 0 aliphatic carbocycles. The predicted octanol–water partition coefficient (Wildman–Crippen LogP) is 6.32. The normalized spacial score (nSPS) is 11.6. The van der Waals surface area contributed by atoms with E-state index in [0.29, 0.717) is 24.0 Å². The van der Waals surface area contributed by atoms with Crippen molar-refractivity contribution < 1.29 is 18.1 Å². The first-order chi connectivity index (χ1) is 11.9. The maximum Gasteiger partial charge on any atom is 0.587 e. The van der Waals surface area contributed by atoms with Gasteiger partial charge < -0.3 is 9.05 Å². The standard InChI is InChI=1S/C20H27O4P/c1-5-18(6-2)15-22-25(21,23-19-11-7-16(3)8-12-19)24-20-13-9-17(4)10-14-20/h7-14,18H,5-6,15H2,1-4H3. The summed E-state index contributed by atoms with van der Waals surface area (Å²) < 4.78 is 30.1. The predicted molar refractivity (Wildman–Crippen MR) is 101 cm³/mol. The smallest absolute Gasteiger partial charge is 0.395 e. The maximum atomic E-state index is 13.2. The van der Waals surface area contributed by atoms with E-state index >= 15 is 0 Å². The third-order valence-corrected chi connectivity index (χ3v) is 5.43. The van der Waals surface area contributed by atoms with Crippen LogP contribution in [-0.4, -0.2) is 6.61 Å². The molecule has 0 aromatic heterocycles. The van der Waals surface area contributed by atoms with Crippen molar-refractivity contribution in [1.29, 1.82) is 0 Å². The van der Waals surface area contributed by atoms with Gasteiger partial charge in [0.2, 0.25) is 0 Å². The second-order valence-corrected chi connectivity index (χ2v) is 7.75. The molecule has 2 aromatic carbocycles. The van der Waals surface area contributed by atoms with Crippen LogP contribution in [0.5, 0.6) is 11.5 Å². The summed E-state index contributed by atoms with van der Waals surface area (Å²) in [4.78, 5) is 0. The van der Waals surface area contributed by atoms with Gasteiger partial charge in [0.1, 0.15) is 11.5 Å². The first kappa shape index (κ1) is 19.6. The van der Waals surface area contributed by atoms with Crippen LogP contribution in [0.25, 0.3) is 0 Å². The Morgan fingerprint density at radius 3 is 1.56 bits per heavy atom. The third kappa shape index (κ3) is 6.22. The molecule has 0 amide bonds. The summed E-state index contributed by atoms with van der Waals surface area (Å²) in [6.07, 6.45) is 1.90. The van der Waals surface area contributed by atoms with Gasteiger partial charge in [-0.15, -0.1) is 0 Å². The number of benzene rings is 2. The van der Waals surface area contributed by atoms with E-state index in [-0.39, 0.29) is 0 Å². The zero-order valence-electron chi connectivity index (χ0n) is 15.4. The van der Waals surface area contributed by atoms with Crippen LogP contribution < -0.4 is 9.05 Å². The van der Waals surface area contributed by atoms with Gasteiger partial charge in [-0.05, 0) is 44.0 Å². The summed E-state index contributed by atoms with van der Waals surface area (Å²) in [5, 5.41) is 0. The van der Waals surface area contributed by atoms with Crippen LogP contribution in [0, 0.1) is 19.8 Å². The fourth-order valence-electron chi connectivity index (χ4n) is 2.25. The summed E-state index contributed by atoms with van der Waals surface area (Å²) in [5.74, 6) is 1.24. The quantitative estimate of drug-likeness (QED) is 0.490. The molecule has 25 heavy (non-hydrogen) atoms. The highest BCUT2D eigenvalue weighted by atomic mass is 31.2. The fourth-order valence-corrected chi connectivity index (χ4v) is 3.54. The van der Waals surface area contributed by atoms with E-state index in [9.17, 15) is 4.57 Å². The van der Waals surface area contributed by atoms with Crippen LogP contribution in [0.15, 0.2) is 48.5 Å². The Morgan fingerprint density at radius 1 is 0.800 bits per heavy atom. The van der Waals surface area contributed by atoms with Crippen molar-refractivity contribution in [3.63, 3.8) is 0 Å². The van der Waals surface area contributed by atoms with Crippen molar-refractivity contribution in [2.45, 2.75) is 40.5 Å². The van der Waals surface area contributed by atoms with Crippen LogP contribution in [0.3, 0.4) is 0 Å². The van der Waals surface area contributed by atoms with Crippen molar-refractivity contribution in [1.82, 2.24) is 0 Å². The average molecular weight is 362 g/mol. The molecule has 5 heteroatoms. The van der Waals surface area contributed by atoms with Crippen molar-refractivity contribution in [3.05, 3.63) is 59.7 Å². The summed E-state index contributed by atoms with van der Waals surface area (Å²) in [7, 11) is -3.77. The van der Waals surface area contributed by atoms with Gasteiger partial charge in [-0.3, -0.25) is 4.52 Å². The molecule has 2 rings (SSSR count). The lowest BCUT2D eigenvalue weighted by atomic mass is 10.1. The third-order valence-electron chi connectivity index (χ3n) is 4.10. The molecule has 0 unspecified atom stereocenters. The minimum atomic E-state index is -3.77. The molecule has 0 aliphatic rings. The van der Waals surface area contributed by atoms with E-state index in [1.807, 2.05) is 38.1 Å². The van der Waals surface area contributed by atoms with E-state index < -0.39 is 7.82 Å². The molecule has 0 spiro atoms. The molecule has 0 saturated carbocycles.